The van der Waals surface area contributed by atoms with E-state index in [1.165, 1.54) is 0 Å². The van der Waals surface area contributed by atoms with Gasteiger partial charge in [-0.2, -0.15) is 0 Å². The van der Waals surface area contributed by atoms with Crippen molar-refractivity contribution in [1.82, 2.24) is 0 Å². The summed E-state index contributed by atoms with van der Waals surface area (Å²) < 4.78 is -1.15. The molecule has 1 rings (SSSR count). The Hall–Kier alpha value is -0.580. The average Bonchev–Trinajstić information content (AvgIpc) is 2.28. The Morgan fingerprint density at radius 1 is 1.07 bits per heavy atom. The van der Waals surface area contributed by atoms with Crippen molar-refractivity contribution < 1.29 is 19.8 Å². The minimum absolute atomic E-state index is 0.331. The van der Waals surface area contributed by atoms with Crippen LogP contribution in [0.25, 0.3) is 0 Å². The summed E-state index contributed by atoms with van der Waals surface area (Å²) in [5.41, 5.74) is -1.84. The van der Waals surface area contributed by atoms with E-state index >= 15 is 0 Å². The molecular formula is C10H15BrO4. The lowest BCUT2D eigenvalue weighted by atomic mass is 9.65. The highest BCUT2D eigenvalue weighted by molar-refractivity contribution is 9.10. The molecule has 0 aromatic rings. The first kappa shape index (κ1) is 12.5. The van der Waals surface area contributed by atoms with E-state index in [1.54, 1.807) is 20.8 Å². The molecule has 1 saturated carbocycles. The van der Waals surface area contributed by atoms with E-state index in [0.717, 1.165) is 0 Å². The largest absolute Gasteiger partial charge is 0.481 e. The van der Waals surface area contributed by atoms with Gasteiger partial charge in [0.2, 0.25) is 0 Å². The molecule has 1 unspecified atom stereocenters. The van der Waals surface area contributed by atoms with Crippen LogP contribution in [0.4, 0.5) is 0 Å². The molecule has 1 aliphatic carbocycles. The molecular weight excluding hydrogens is 264 g/mol. The minimum Gasteiger partial charge on any atom is -0.481 e. The second-order valence-corrected chi connectivity index (χ2v) is 6.22. The van der Waals surface area contributed by atoms with Crippen LogP contribution in [0.2, 0.25) is 0 Å². The molecule has 0 aliphatic heterocycles. The first-order chi connectivity index (χ1) is 6.59. The van der Waals surface area contributed by atoms with Crippen molar-refractivity contribution in [2.75, 3.05) is 0 Å². The van der Waals surface area contributed by atoms with Crippen LogP contribution < -0.4 is 0 Å². The van der Waals surface area contributed by atoms with E-state index in [-0.39, 0.29) is 0 Å². The smallest absolute Gasteiger partial charge is 0.321 e. The first-order valence-electron chi connectivity index (χ1n) is 4.75. The van der Waals surface area contributed by atoms with Crippen molar-refractivity contribution in [3.63, 3.8) is 0 Å². The summed E-state index contributed by atoms with van der Waals surface area (Å²) in [4.78, 5) is 22.4. The Morgan fingerprint density at radius 3 is 1.73 bits per heavy atom. The van der Waals surface area contributed by atoms with Crippen molar-refractivity contribution >= 4 is 27.9 Å². The summed E-state index contributed by atoms with van der Waals surface area (Å²) in [5, 5.41) is 18.4. The van der Waals surface area contributed by atoms with Crippen molar-refractivity contribution in [2.45, 2.75) is 37.9 Å². The fraction of sp³-hybridized carbons (Fsp3) is 0.800. The van der Waals surface area contributed by atoms with E-state index in [2.05, 4.69) is 15.9 Å². The molecule has 0 amide bonds. The number of halogens is 1. The number of aliphatic carboxylic acids is 2. The van der Waals surface area contributed by atoms with Crippen LogP contribution >= 0.6 is 15.9 Å². The summed E-state index contributed by atoms with van der Waals surface area (Å²) in [7, 11) is 0. The van der Waals surface area contributed by atoms with Crippen LogP contribution in [0, 0.1) is 10.8 Å². The van der Waals surface area contributed by atoms with E-state index in [9.17, 15) is 19.8 Å². The number of alkyl halides is 1. The Bertz CT molecular complexity index is 295. The molecule has 0 spiro atoms. The summed E-state index contributed by atoms with van der Waals surface area (Å²) in [6, 6.07) is 0. The molecule has 4 nitrogen and oxygen atoms in total. The maximum Gasteiger partial charge on any atom is 0.321 e. The fourth-order valence-corrected chi connectivity index (χ4v) is 2.87. The summed E-state index contributed by atoms with van der Waals surface area (Å²) >= 11 is 3.21. The number of hydrogen-bond donors (Lipinski definition) is 2. The van der Waals surface area contributed by atoms with Gasteiger partial charge in [0.15, 0.2) is 0 Å². The highest BCUT2D eigenvalue weighted by Gasteiger charge is 2.66. The van der Waals surface area contributed by atoms with Crippen LogP contribution in [-0.2, 0) is 9.59 Å². The van der Waals surface area contributed by atoms with Crippen LogP contribution in [-0.4, -0.2) is 26.5 Å². The van der Waals surface area contributed by atoms with Crippen LogP contribution in [0.3, 0.4) is 0 Å². The van der Waals surface area contributed by atoms with Crippen molar-refractivity contribution in [1.29, 1.82) is 0 Å². The number of rotatable bonds is 2. The van der Waals surface area contributed by atoms with Crippen LogP contribution in [0.1, 0.15) is 33.6 Å². The zero-order valence-electron chi connectivity index (χ0n) is 9.00. The molecule has 0 saturated heterocycles. The van der Waals surface area contributed by atoms with Crippen LogP contribution in [0.5, 0.6) is 0 Å². The van der Waals surface area contributed by atoms with Crippen molar-refractivity contribution in [3.05, 3.63) is 0 Å². The highest BCUT2D eigenvalue weighted by Crippen LogP contribution is 2.61. The topological polar surface area (TPSA) is 74.6 Å². The molecule has 15 heavy (non-hydrogen) atoms. The molecule has 5 heteroatoms. The standard InChI is InChI=1S/C10H15BrO4/c1-8(2)9(3,6(12)13)4-5-10(8,11)7(14)15/h4-5H2,1-3H3,(H,12,13)(H,14,15)/t9-,10?/m0/s1. The third-order valence-electron chi connectivity index (χ3n) is 4.15. The Balaban J connectivity index is 3.26. The highest BCUT2D eigenvalue weighted by atomic mass is 79.9. The molecule has 0 heterocycles. The third kappa shape index (κ3) is 1.32. The van der Waals surface area contributed by atoms with Crippen molar-refractivity contribution in [3.8, 4) is 0 Å². The molecule has 2 N–H and O–H groups in total. The Labute approximate surface area is 96.8 Å². The van der Waals surface area contributed by atoms with Gasteiger partial charge in [-0.3, -0.25) is 9.59 Å². The van der Waals surface area contributed by atoms with Gasteiger partial charge in [-0.05, 0) is 19.8 Å². The van der Waals surface area contributed by atoms with Gasteiger partial charge >= 0.3 is 11.9 Å². The molecule has 0 radical (unpaired) electrons. The quantitative estimate of drug-likeness (QED) is 0.759. The molecule has 0 aromatic heterocycles. The molecule has 86 valence electrons. The van der Waals surface area contributed by atoms with Gasteiger partial charge in [0.05, 0.1) is 5.41 Å². The van der Waals surface area contributed by atoms with E-state index in [1.807, 2.05) is 0 Å². The molecule has 1 aliphatic rings. The molecule has 2 atom stereocenters. The predicted molar refractivity (Wildman–Crippen MR) is 58.1 cm³/mol. The number of carboxylic acid groups (broad SMARTS) is 2. The maximum absolute atomic E-state index is 11.2. The lowest BCUT2D eigenvalue weighted by molar-refractivity contribution is -0.156. The minimum atomic E-state index is -1.15. The summed E-state index contributed by atoms with van der Waals surface area (Å²) in [5.74, 6) is -1.92. The van der Waals surface area contributed by atoms with E-state index < -0.39 is 27.1 Å². The maximum atomic E-state index is 11.2. The number of carbonyl (C=O) groups is 2. The fourth-order valence-electron chi connectivity index (χ4n) is 2.23. The average molecular weight is 279 g/mol. The van der Waals surface area contributed by atoms with Crippen LogP contribution in [0.15, 0.2) is 0 Å². The van der Waals surface area contributed by atoms with Gasteiger partial charge in [-0.15, -0.1) is 0 Å². The first-order valence-corrected chi connectivity index (χ1v) is 5.54. The van der Waals surface area contributed by atoms with Gasteiger partial charge < -0.3 is 10.2 Å². The SMILES string of the molecule is CC1(C)C(Br)(C(=O)O)CC[C@@]1(C)C(=O)O. The Morgan fingerprint density at radius 2 is 1.53 bits per heavy atom. The lowest BCUT2D eigenvalue weighted by Crippen LogP contribution is -2.50. The molecule has 0 aromatic carbocycles. The lowest BCUT2D eigenvalue weighted by Gasteiger charge is -2.41. The van der Waals surface area contributed by atoms with E-state index in [0.29, 0.717) is 12.8 Å². The number of hydrogen-bond acceptors (Lipinski definition) is 2. The Kier molecular flexibility index (Phi) is 2.67. The van der Waals surface area contributed by atoms with Gasteiger partial charge in [0.1, 0.15) is 4.32 Å². The van der Waals surface area contributed by atoms with Crippen molar-refractivity contribution in [2.24, 2.45) is 10.8 Å². The van der Waals surface area contributed by atoms with Gasteiger partial charge in [-0.25, -0.2) is 0 Å². The number of carboxylic acids is 2. The second-order valence-electron chi connectivity index (χ2n) is 4.87. The van der Waals surface area contributed by atoms with Gasteiger partial charge in [0, 0.05) is 5.41 Å². The predicted octanol–water partition coefficient (Wildman–Crippen LogP) is 2.12. The monoisotopic (exact) mass is 278 g/mol. The molecule has 1 fully saturated rings. The normalized spacial score (nSPS) is 38.9. The zero-order chi connectivity index (χ0) is 12.1. The van der Waals surface area contributed by atoms with Gasteiger partial charge in [0.25, 0.3) is 0 Å². The summed E-state index contributed by atoms with van der Waals surface area (Å²) in [6.45, 7) is 5.00. The third-order valence-corrected chi connectivity index (χ3v) is 5.88. The molecule has 0 bridgehead atoms. The van der Waals surface area contributed by atoms with Gasteiger partial charge in [-0.1, -0.05) is 29.8 Å². The van der Waals surface area contributed by atoms with E-state index in [4.69, 9.17) is 0 Å². The zero-order valence-corrected chi connectivity index (χ0v) is 10.6. The second kappa shape index (κ2) is 3.20. The summed E-state index contributed by atoms with van der Waals surface area (Å²) in [6.07, 6.45) is 0.699.